The molecule has 0 aliphatic heterocycles. The van der Waals surface area contributed by atoms with Gasteiger partial charge in [0.1, 0.15) is 5.82 Å². The number of halogens is 2. The molecule has 0 atom stereocenters. The Labute approximate surface area is 114 Å². The van der Waals surface area contributed by atoms with Crippen molar-refractivity contribution in [2.75, 3.05) is 5.32 Å². The third-order valence-electron chi connectivity index (χ3n) is 2.74. The maximum Gasteiger partial charge on any atom is 0.207 e. The zero-order chi connectivity index (χ0) is 13.3. The van der Waals surface area contributed by atoms with Crippen LogP contribution in [-0.4, -0.2) is 9.55 Å². The highest BCUT2D eigenvalue weighted by Crippen LogP contribution is 2.27. The summed E-state index contributed by atoms with van der Waals surface area (Å²) in [5.41, 5.74) is 1.69. The minimum absolute atomic E-state index is 0.259. The number of aromatic nitrogens is 2. The molecule has 0 aliphatic carbocycles. The summed E-state index contributed by atoms with van der Waals surface area (Å²) in [5.74, 6) is 0.497. The number of hydrogen-bond donors (Lipinski definition) is 1. The predicted molar refractivity (Wildman–Crippen MR) is 74.7 cm³/mol. The largest absolute Gasteiger partial charge is 0.325 e. The number of nitrogens with zero attached hydrogens (tertiary/aromatic N) is 2. The van der Waals surface area contributed by atoms with E-state index >= 15 is 0 Å². The first-order chi connectivity index (χ1) is 8.49. The fourth-order valence-electron chi connectivity index (χ4n) is 1.73. The molecular formula is C13H15BrFN3. The minimum Gasteiger partial charge on any atom is -0.325 e. The molecule has 0 bridgehead atoms. The van der Waals surface area contributed by atoms with Crippen LogP contribution in [0.4, 0.5) is 16.0 Å². The zero-order valence-electron chi connectivity index (χ0n) is 10.5. The number of benzene rings is 1. The van der Waals surface area contributed by atoms with Crippen LogP contribution in [0.2, 0.25) is 0 Å². The fraction of sp³-hybridized carbons (Fsp3) is 0.308. The molecule has 0 unspecified atom stereocenters. The lowest BCUT2D eigenvalue weighted by molar-refractivity contribution is 0.607. The molecule has 0 amide bonds. The monoisotopic (exact) mass is 311 g/mol. The van der Waals surface area contributed by atoms with E-state index < -0.39 is 0 Å². The normalized spacial score (nSPS) is 11.0. The molecule has 0 aliphatic rings. The molecule has 3 nitrogen and oxygen atoms in total. The standard InChI is InChI=1S/C13H15BrFN3/c1-8(2)18-5-4-16-13(18)17-12-7-10(14)11(15)6-9(12)3/h4-8H,1-3H3,(H,16,17). The quantitative estimate of drug-likeness (QED) is 0.909. The molecule has 18 heavy (non-hydrogen) atoms. The minimum atomic E-state index is -0.259. The number of rotatable bonds is 3. The van der Waals surface area contributed by atoms with Gasteiger partial charge in [0.05, 0.1) is 4.47 Å². The van der Waals surface area contributed by atoms with E-state index in [0.29, 0.717) is 10.5 Å². The van der Waals surface area contributed by atoms with Crippen LogP contribution in [0.1, 0.15) is 25.5 Å². The Morgan fingerprint density at radius 1 is 1.39 bits per heavy atom. The van der Waals surface area contributed by atoms with E-state index in [2.05, 4.69) is 40.1 Å². The van der Waals surface area contributed by atoms with Crippen LogP contribution in [0.25, 0.3) is 0 Å². The van der Waals surface area contributed by atoms with Crippen LogP contribution in [0.15, 0.2) is 29.0 Å². The molecule has 0 radical (unpaired) electrons. The second-order valence-electron chi connectivity index (χ2n) is 4.46. The molecule has 0 fully saturated rings. The van der Waals surface area contributed by atoms with Gasteiger partial charge in [-0.1, -0.05) is 0 Å². The molecule has 2 rings (SSSR count). The maximum absolute atomic E-state index is 13.4. The number of anilines is 2. The summed E-state index contributed by atoms with van der Waals surface area (Å²) in [5, 5.41) is 3.23. The average molecular weight is 312 g/mol. The molecule has 1 heterocycles. The molecule has 0 saturated carbocycles. The fourth-order valence-corrected chi connectivity index (χ4v) is 2.07. The molecule has 1 aromatic heterocycles. The van der Waals surface area contributed by atoms with E-state index in [-0.39, 0.29) is 5.82 Å². The average Bonchev–Trinajstić information content (AvgIpc) is 2.74. The SMILES string of the molecule is Cc1cc(F)c(Br)cc1Nc1nccn1C(C)C. The van der Waals surface area contributed by atoms with Crippen LogP contribution >= 0.6 is 15.9 Å². The Morgan fingerprint density at radius 2 is 2.11 bits per heavy atom. The van der Waals surface area contributed by atoms with Crippen molar-refractivity contribution in [3.63, 3.8) is 0 Å². The molecule has 1 N–H and O–H groups in total. The predicted octanol–water partition coefficient (Wildman–Crippen LogP) is 4.42. The number of hydrogen-bond acceptors (Lipinski definition) is 2. The first kappa shape index (κ1) is 13.1. The van der Waals surface area contributed by atoms with E-state index in [0.717, 1.165) is 17.2 Å². The van der Waals surface area contributed by atoms with Gasteiger partial charge < -0.3 is 9.88 Å². The van der Waals surface area contributed by atoms with Gasteiger partial charge in [0.15, 0.2) is 0 Å². The van der Waals surface area contributed by atoms with E-state index in [4.69, 9.17) is 0 Å². The van der Waals surface area contributed by atoms with Crippen molar-refractivity contribution in [3.05, 3.63) is 40.4 Å². The Kier molecular flexibility index (Phi) is 3.71. The van der Waals surface area contributed by atoms with E-state index in [9.17, 15) is 4.39 Å². The third-order valence-corrected chi connectivity index (χ3v) is 3.35. The van der Waals surface area contributed by atoms with Gasteiger partial charge in [0, 0.05) is 24.1 Å². The van der Waals surface area contributed by atoms with Crippen molar-refractivity contribution >= 4 is 27.6 Å². The van der Waals surface area contributed by atoms with E-state index in [1.165, 1.54) is 6.07 Å². The van der Waals surface area contributed by atoms with Crippen LogP contribution in [0.5, 0.6) is 0 Å². The van der Waals surface area contributed by atoms with Gasteiger partial charge in [-0.3, -0.25) is 0 Å². The van der Waals surface area contributed by atoms with E-state index in [1.54, 1.807) is 12.3 Å². The summed E-state index contributed by atoms with van der Waals surface area (Å²) in [6.07, 6.45) is 3.66. The van der Waals surface area contributed by atoms with Crippen molar-refractivity contribution in [1.82, 2.24) is 9.55 Å². The maximum atomic E-state index is 13.4. The highest BCUT2D eigenvalue weighted by atomic mass is 79.9. The molecular weight excluding hydrogens is 297 g/mol. The van der Waals surface area contributed by atoms with Crippen molar-refractivity contribution in [2.45, 2.75) is 26.8 Å². The summed E-state index contributed by atoms with van der Waals surface area (Å²) in [6, 6.07) is 3.54. The van der Waals surface area contributed by atoms with Crippen LogP contribution < -0.4 is 5.32 Å². The Morgan fingerprint density at radius 3 is 2.78 bits per heavy atom. The summed E-state index contributed by atoms with van der Waals surface area (Å²) in [4.78, 5) is 4.27. The van der Waals surface area contributed by atoms with Crippen LogP contribution in [0, 0.1) is 12.7 Å². The van der Waals surface area contributed by atoms with Crippen molar-refractivity contribution in [2.24, 2.45) is 0 Å². The Balaban J connectivity index is 2.34. The molecule has 1 aromatic carbocycles. The summed E-state index contributed by atoms with van der Waals surface area (Å²) in [7, 11) is 0. The lowest BCUT2D eigenvalue weighted by atomic mass is 10.2. The van der Waals surface area contributed by atoms with Crippen molar-refractivity contribution < 1.29 is 4.39 Å². The second kappa shape index (κ2) is 5.10. The van der Waals surface area contributed by atoms with Gasteiger partial charge in [0.25, 0.3) is 0 Å². The molecule has 0 spiro atoms. The lowest BCUT2D eigenvalue weighted by Crippen LogP contribution is -2.06. The van der Waals surface area contributed by atoms with Gasteiger partial charge in [-0.2, -0.15) is 0 Å². The molecule has 2 aromatic rings. The first-order valence-electron chi connectivity index (χ1n) is 5.74. The van der Waals surface area contributed by atoms with Gasteiger partial charge in [-0.15, -0.1) is 0 Å². The number of imidazole rings is 1. The smallest absolute Gasteiger partial charge is 0.207 e. The summed E-state index contributed by atoms with van der Waals surface area (Å²) >= 11 is 3.19. The van der Waals surface area contributed by atoms with Gasteiger partial charge >= 0.3 is 0 Å². The Bertz CT molecular complexity index is 563. The zero-order valence-corrected chi connectivity index (χ0v) is 12.1. The number of nitrogens with one attached hydrogen (secondary N) is 1. The summed E-state index contributed by atoms with van der Waals surface area (Å²) < 4.78 is 15.8. The summed E-state index contributed by atoms with van der Waals surface area (Å²) in [6.45, 7) is 6.03. The highest BCUT2D eigenvalue weighted by Gasteiger charge is 2.09. The van der Waals surface area contributed by atoms with Gasteiger partial charge in [0.2, 0.25) is 5.95 Å². The second-order valence-corrected chi connectivity index (χ2v) is 5.31. The van der Waals surface area contributed by atoms with E-state index in [1.807, 2.05) is 17.7 Å². The van der Waals surface area contributed by atoms with Crippen LogP contribution in [0.3, 0.4) is 0 Å². The van der Waals surface area contributed by atoms with Gasteiger partial charge in [-0.05, 0) is 54.4 Å². The highest BCUT2D eigenvalue weighted by molar-refractivity contribution is 9.10. The lowest BCUT2D eigenvalue weighted by Gasteiger charge is -2.14. The Hall–Kier alpha value is -1.36. The van der Waals surface area contributed by atoms with Crippen molar-refractivity contribution in [3.8, 4) is 0 Å². The molecule has 96 valence electrons. The molecule has 5 heteroatoms. The topological polar surface area (TPSA) is 29.9 Å². The molecule has 0 saturated heterocycles. The number of aryl methyl sites for hydroxylation is 1. The van der Waals surface area contributed by atoms with Gasteiger partial charge in [-0.25, -0.2) is 9.37 Å². The van der Waals surface area contributed by atoms with Crippen LogP contribution in [-0.2, 0) is 0 Å². The van der Waals surface area contributed by atoms with Crippen molar-refractivity contribution in [1.29, 1.82) is 0 Å². The third kappa shape index (κ3) is 2.56. The first-order valence-corrected chi connectivity index (χ1v) is 6.54.